The second-order valence-electron chi connectivity index (χ2n) is 3.29. The van der Waals surface area contributed by atoms with E-state index < -0.39 is 23.8 Å². The van der Waals surface area contributed by atoms with Gasteiger partial charge in [-0.2, -0.15) is 0 Å². The van der Waals surface area contributed by atoms with Crippen molar-refractivity contribution in [2.24, 2.45) is 0 Å². The zero-order valence-corrected chi connectivity index (χ0v) is 9.63. The van der Waals surface area contributed by atoms with Gasteiger partial charge in [0.1, 0.15) is 17.7 Å². The minimum Gasteiger partial charge on any atom is -0.389 e. The predicted molar refractivity (Wildman–Crippen MR) is 55.9 cm³/mol. The molecule has 0 spiro atoms. The molecule has 0 aliphatic rings. The number of hydrogen-bond donors (Lipinski definition) is 2. The highest BCUT2D eigenvalue weighted by Crippen LogP contribution is 2.23. The summed E-state index contributed by atoms with van der Waals surface area (Å²) >= 11 is 2.96. The molecular weight excluding hydrogens is 270 g/mol. The van der Waals surface area contributed by atoms with Crippen LogP contribution in [0.15, 0.2) is 12.1 Å². The van der Waals surface area contributed by atoms with E-state index in [4.69, 9.17) is 0 Å². The molecule has 0 aliphatic carbocycles. The van der Waals surface area contributed by atoms with E-state index in [1.807, 2.05) is 0 Å². The zero-order valence-electron chi connectivity index (χ0n) is 8.04. The molecule has 2 nitrogen and oxygen atoms in total. The first-order chi connectivity index (χ1) is 6.97. The minimum absolute atomic E-state index is 0.0964. The van der Waals surface area contributed by atoms with E-state index >= 15 is 0 Å². The van der Waals surface area contributed by atoms with Gasteiger partial charge in [0.15, 0.2) is 0 Å². The third-order valence-corrected chi connectivity index (χ3v) is 2.78. The number of rotatable bonds is 3. The van der Waals surface area contributed by atoms with Gasteiger partial charge in [0.2, 0.25) is 0 Å². The van der Waals surface area contributed by atoms with Crippen LogP contribution in [-0.2, 0) is 0 Å². The van der Waals surface area contributed by atoms with Crippen LogP contribution in [0.2, 0.25) is 0 Å². The molecule has 2 unspecified atom stereocenters. The highest BCUT2D eigenvalue weighted by Gasteiger charge is 2.21. The van der Waals surface area contributed by atoms with Gasteiger partial charge in [0.05, 0.1) is 6.10 Å². The maximum atomic E-state index is 13.3. The number of halogens is 3. The van der Waals surface area contributed by atoms with Crippen LogP contribution in [0.3, 0.4) is 0 Å². The third kappa shape index (κ3) is 2.74. The molecule has 2 N–H and O–H groups in total. The van der Waals surface area contributed by atoms with Gasteiger partial charge < -0.3 is 10.2 Å². The number of alkyl halides is 1. The summed E-state index contributed by atoms with van der Waals surface area (Å²) in [7, 11) is 0. The maximum Gasteiger partial charge on any atom is 0.132 e. The van der Waals surface area contributed by atoms with E-state index in [0.29, 0.717) is 6.07 Å². The number of benzene rings is 1. The van der Waals surface area contributed by atoms with Crippen molar-refractivity contribution in [3.63, 3.8) is 0 Å². The molecule has 0 radical (unpaired) electrons. The predicted octanol–water partition coefficient (Wildman–Crippen LogP) is 2.06. The molecule has 15 heavy (non-hydrogen) atoms. The lowest BCUT2D eigenvalue weighted by Gasteiger charge is -2.17. The molecule has 5 heteroatoms. The Balaban J connectivity index is 3.09. The Bertz CT molecular complexity index is 358. The Labute approximate surface area is 94.7 Å². The van der Waals surface area contributed by atoms with Crippen LogP contribution >= 0.6 is 15.9 Å². The summed E-state index contributed by atoms with van der Waals surface area (Å²) in [5.74, 6) is -1.53. The Morgan fingerprint density at radius 3 is 2.40 bits per heavy atom. The monoisotopic (exact) mass is 280 g/mol. The second-order valence-corrected chi connectivity index (χ2v) is 3.94. The Morgan fingerprint density at radius 2 is 1.87 bits per heavy atom. The SMILES string of the molecule is Cc1cc(C(O)C(O)CBr)c(F)cc1F. The molecule has 0 saturated heterocycles. The summed E-state index contributed by atoms with van der Waals surface area (Å²) < 4.78 is 26.2. The molecule has 0 saturated carbocycles. The second kappa shape index (κ2) is 5.01. The fourth-order valence-corrected chi connectivity index (χ4v) is 1.55. The van der Waals surface area contributed by atoms with Crippen LogP contribution < -0.4 is 0 Å². The molecule has 1 aromatic rings. The van der Waals surface area contributed by atoms with Crippen LogP contribution in [0.4, 0.5) is 8.78 Å². The van der Waals surface area contributed by atoms with E-state index in [2.05, 4.69) is 15.9 Å². The largest absolute Gasteiger partial charge is 0.389 e. The molecule has 2 atom stereocenters. The molecule has 0 heterocycles. The Kier molecular flexibility index (Phi) is 4.19. The normalized spacial score (nSPS) is 15.1. The summed E-state index contributed by atoms with van der Waals surface area (Å²) in [6, 6.07) is 1.90. The van der Waals surface area contributed by atoms with Gasteiger partial charge in [-0.25, -0.2) is 8.78 Å². The number of aryl methyl sites for hydroxylation is 1. The van der Waals surface area contributed by atoms with Crippen LogP contribution in [-0.4, -0.2) is 21.6 Å². The van der Waals surface area contributed by atoms with Gasteiger partial charge >= 0.3 is 0 Å². The molecule has 1 rings (SSSR count). The van der Waals surface area contributed by atoms with Gasteiger partial charge in [-0.1, -0.05) is 15.9 Å². The molecule has 0 bridgehead atoms. The molecule has 0 fully saturated rings. The Morgan fingerprint density at radius 1 is 1.27 bits per heavy atom. The van der Waals surface area contributed by atoms with E-state index in [9.17, 15) is 19.0 Å². The van der Waals surface area contributed by atoms with Crippen LogP contribution in [0, 0.1) is 18.6 Å². The van der Waals surface area contributed by atoms with Crippen molar-refractivity contribution < 1.29 is 19.0 Å². The quantitative estimate of drug-likeness (QED) is 0.833. The fourth-order valence-electron chi connectivity index (χ4n) is 1.20. The molecule has 1 aromatic carbocycles. The van der Waals surface area contributed by atoms with E-state index in [1.165, 1.54) is 13.0 Å². The average molecular weight is 281 g/mol. The third-order valence-electron chi connectivity index (χ3n) is 2.12. The Hall–Kier alpha value is -0.520. The lowest BCUT2D eigenvalue weighted by Crippen LogP contribution is -2.20. The average Bonchev–Trinajstić information content (AvgIpc) is 2.21. The summed E-state index contributed by atoms with van der Waals surface area (Å²) in [5, 5.41) is 19.0. The summed E-state index contributed by atoms with van der Waals surface area (Å²) in [4.78, 5) is 0. The highest BCUT2D eigenvalue weighted by atomic mass is 79.9. The summed E-state index contributed by atoms with van der Waals surface area (Å²) in [6.07, 6.45) is -2.48. The fraction of sp³-hybridized carbons (Fsp3) is 0.400. The summed E-state index contributed by atoms with van der Waals surface area (Å²) in [5.41, 5.74) is 0.132. The smallest absolute Gasteiger partial charge is 0.132 e. The van der Waals surface area contributed by atoms with Gasteiger partial charge in [0, 0.05) is 17.0 Å². The first kappa shape index (κ1) is 12.5. The van der Waals surface area contributed by atoms with Gasteiger partial charge in [0.25, 0.3) is 0 Å². The molecule has 0 aromatic heterocycles. The number of hydrogen-bond acceptors (Lipinski definition) is 2. The van der Waals surface area contributed by atoms with Crippen molar-refractivity contribution in [1.82, 2.24) is 0 Å². The zero-order chi connectivity index (χ0) is 11.6. The van der Waals surface area contributed by atoms with Crippen molar-refractivity contribution in [3.05, 3.63) is 34.9 Å². The van der Waals surface area contributed by atoms with Crippen molar-refractivity contribution in [1.29, 1.82) is 0 Å². The molecule has 0 amide bonds. The number of aliphatic hydroxyl groups is 2. The van der Waals surface area contributed by atoms with Gasteiger partial charge in [-0.3, -0.25) is 0 Å². The lowest BCUT2D eigenvalue weighted by molar-refractivity contribution is 0.0319. The first-order valence-electron chi connectivity index (χ1n) is 4.35. The van der Waals surface area contributed by atoms with E-state index in [-0.39, 0.29) is 16.5 Å². The molecule has 0 aliphatic heterocycles. The lowest BCUT2D eigenvalue weighted by atomic mass is 10.0. The molecular formula is C10H11BrF2O2. The number of aliphatic hydroxyl groups excluding tert-OH is 2. The topological polar surface area (TPSA) is 40.5 Å². The standard InChI is InChI=1S/C10H11BrF2O2/c1-5-2-6(8(13)3-7(5)12)10(15)9(14)4-11/h2-3,9-10,14-15H,4H2,1H3. The van der Waals surface area contributed by atoms with E-state index in [1.54, 1.807) is 0 Å². The first-order valence-corrected chi connectivity index (χ1v) is 5.47. The van der Waals surface area contributed by atoms with Crippen molar-refractivity contribution >= 4 is 15.9 Å². The van der Waals surface area contributed by atoms with E-state index in [0.717, 1.165) is 0 Å². The van der Waals surface area contributed by atoms with Crippen LogP contribution in [0.25, 0.3) is 0 Å². The van der Waals surface area contributed by atoms with Crippen LogP contribution in [0.5, 0.6) is 0 Å². The van der Waals surface area contributed by atoms with Gasteiger partial charge in [-0.05, 0) is 18.6 Å². The van der Waals surface area contributed by atoms with Crippen LogP contribution in [0.1, 0.15) is 17.2 Å². The minimum atomic E-state index is -1.36. The van der Waals surface area contributed by atoms with Gasteiger partial charge in [-0.15, -0.1) is 0 Å². The highest BCUT2D eigenvalue weighted by molar-refractivity contribution is 9.09. The van der Waals surface area contributed by atoms with Crippen molar-refractivity contribution in [2.45, 2.75) is 19.1 Å². The summed E-state index contributed by atoms with van der Waals surface area (Å²) in [6.45, 7) is 1.46. The maximum absolute atomic E-state index is 13.3. The van der Waals surface area contributed by atoms with Crippen molar-refractivity contribution in [2.75, 3.05) is 5.33 Å². The molecule has 84 valence electrons. The van der Waals surface area contributed by atoms with Crippen molar-refractivity contribution in [3.8, 4) is 0 Å².